The van der Waals surface area contributed by atoms with Gasteiger partial charge in [-0.25, -0.2) is 0 Å². The zero-order valence-electron chi connectivity index (χ0n) is 22.7. The predicted octanol–water partition coefficient (Wildman–Crippen LogP) is 8.60. The van der Waals surface area contributed by atoms with E-state index in [-0.39, 0.29) is 0 Å². The summed E-state index contributed by atoms with van der Waals surface area (Å²) in [6, 6.07) is 29.0. The molecule has 0 spiro atoms. The molecule has 0 saturated carbocycles. The first-order chi connectivity index (χ1) is 20.8. The smallest absolute Gasteiger partial charge is 0.172 e. The van der Waals surface area contributed by atoms with Crippen molar-refractivity contribution in [3.8, 4) is 34.6 Å². The van der Waals surface area contributed by atoms with Crippen LogP contribution in [0, 0.1) is 29.8 Å². The van der Waals surface area contributed by atoms with Crippen molar-refractivity contribution in [3.05, 3.63) is 119 Å². The van der Waals surface area contributed by atoms with Gasteiger partial charge in [0, 0.05) is 21.5 Å². The van der Waals surface area contributed by atoms with Gasteiger partial charge >= 0.3 is 6.18 Å². The fraction of sp³-hybridized carbons (Fsp3) is 0.0556. The molecule has 0 aliphatic rings. The number of rotatable bonds is 2. The Morgan fingerprint density at radius 3 is 1.33 bits per heavy atom. The molecule has 0 fully saturated rings. The van der Waals surface area contributed by atoms with Crippen molar-refractivity contribution >= 4 is 43.1 Å². The second-order valence-corrected chi connectivity index (χ2v) is 10.5. The molecule has 204 valence electrons. The highest BCUT2D eigenvalue weighted by Crippen LogP contribution is 2.36. The quantitative estimate of drug-likeness (QED) is 0.197. The molecule has 43 heavy (non-hydrogen) atoms. The standard InChI is InChI=1S/C36H19F3N4/c1-20-2-4-21(5-3-20)23-8-12-26-28-16-29-27-13-9-24(22-6-10-25(11-7-22)36(37,38)39)15-31(27)35(43-19-41)33(29)17-32(28)34(42-18-40)30(26)14-23/h2-17H,1H3. The summed E-state index contributed by atoms with van der Waals surface area (Å²) in [5, 5.41) is 26.9. The molecular weight excluding hydrogens is 545 g/mol. The number of aryl methyl sites for hydroxylation is 1. The molecule has 0 radical (unpaired) electrons. The number of hydrogen-bond acceptors (Lipinski definition) is 4. The minimum Gasteiger partial charge on any atom is -0.172 e. The molecule has 0 amide bonds. The van der Waals surface area contributed by atoms with Crippen LogP contribution < -0.4 is 10.7 Å². The van der Waals surface area contributed by atoms with Crippen molar-refractivity contribution in [1.29, 1.82) is 10.5 Å². The van der Waals surface area contributed by atoms with Gasteiger partial charge in [0.25, 0.3) is 0 Å². The molecule has 7 heteroatoms. The van der Waals surface area contributed by atoms with E-state index in [1.807, 2.05) is 55.7 Å². The highest BCUT2D eigenvalue weighted by Gasteiger charge is 2.30. The Morgan fingerprint density at radius 2 is 0.884 bits per heavy atom. The number of fused-ring (bicyclic) bond motifs is 6. The van der Waals surface area contributed by atoms with Crippen LogP contribution in [-0.4, -0.2) is 0 Å². The first-order valence-electron chi connectivity index (χ1n) is 13.4. The van der Waals surface area contributed by atoms with Crippen LogP contribution >= 0.6 is 0 Å². The fourth-order valence-corrected chi connectivity index (χ4v) is 5.98. The van der Waals surface area contributed by atoms with Crippen molar-refractivity contribution in [2.45, 2.75) is 13.1 Å². The number of nitriles is 2. The summed E-state index contributed by atoms with van der Waals surface area (Å²) < 4.78 is 39.3. The fourth-order valence-electron chi connectivity index (χ4n) is 5.98. The van der Waals surface area contributed by atoms with E-state index in [9.17, 15) is 23.7 Å². The lowest BCUT2D eigenvalue weighted by molar-refractivity contribution is -0.137. The second-order valence-electron chi connectivity index (χ2n) is 10.5. The van der Waals surface area contributed by atoms with Gasteiger partial charge < -0.3 is 0 Å². The third-order valence-electron chi connectivity index (χ3n) is 8.05. The van der Waals surface area contributed by atoms with Gasteiger partial charge in [0.2, 0.25) is 12.4 Å². The van der Waals surface area contributed by atoms with E-state index < -0.39 is 11.7 Å². The molecule has 7 aromatic carbocycles. The zero-order valence-corrected chi connectivity index (χ0v) is 22.7. The monoisotopic (exact) mass is 564 g/mol. The van der Waals surface area contributed by atoms with E-state index in [0.717, 1.165) is 61.0 Å². The van der Waals surface area contributed by atoms with E-state index in [2.05, 4.69) is 46.4 Å². The Morgan fingerprint density at radius 1 is 0.488 bits per heavy atom. The first-order valence-corrected chi connectivity index (χ1v) is 13.4. The molecule has 0 atom stereocenters. The minimum absolute atomic E-state index is 0.469. The average molecular weight is 565 g/mol. The molecule has 0 bridgehead atoms. The highest BCUT2D eigenvalue weighted by molar-refractivity contribution is 6.21. The number of hydrogen-bond donors (Lipinski definition) is 0. The number of halogens is 3. The van der Waals surface area contributed by atoms with E-state index in [1.54, 1.807) is 0 Å². The summed E-state index contributed by atoms with van der Waals surface area (Å²) >= 11 is 0. The van der Waals surface area contributed by atoms with Gasteiger partial charge in [-0.15, -0.1) is 0 Å². The Hall–Kier alpha value is -5.79. The van der Waals surface area contributed by atoms with Crippen LogP contribution in [0.2, 0.25) is 0 Å². The number of nitrogens with zero attached hydrogens (tertiary/aromatic N) is 4. The second kappa shape index (κ2) is 9.65. The van der Waals surface area contributed by atoms with Gasteiger partial charge in [0.1, 0.15) is 0 Å². The SMILES string of the molecule is Cc1ccc(-c2ccc3c(c2)c(=NC#N)c2cc4c(=NC#N)c5cc(-c6ccc(C(F)(F)F)cc6)ccc5c4cc23)cc1. The van der Waals surface area contributed by atoms with Crippen LogP contribution in [0.5, 0.6) is 0 Å². The Labute approximate surface area is 243 Å². The first kappa shape index (κ1) is 26.1. The lowest BCUT2D eigenvalue weighted by Gasteiger charge is -2.08. The van der Waals surface area contributed by atoms with Gasteiger partial charge in [-0.05, 0) is 87.1 Å². The molecule has 0 aliphatic carbocycles. The number of benzene rings is 5. The lowest BCUT2D eigenvalue weighted by atomic mass is 10.0. The van der Waals surface area contributed by atoms with Gasteiger partial charge in [-0.2, -0.15) is 33.7 Å². The molecule has 0 aromatic heterocycles. The molecule has 0 N–H and O–H groups in total. The van der Waals surface area contributed by atoms with E-state index in [1.165, 1.54) is 17.7 Å². The summed E-state index contributed by atoms with van der Waals surface area (Å²) in [6.07, 6.45) is -0.558. The summed E-state index contributed by atoms with van der Waals surface area (Å²) in [7, 11) is 0. The summed E-state index contributed by atoms with van der Waals surface area (Å²) in [4.78, 5) is 8.38. The topological polar surface area (TPSA) is 72.3 Å². The van der Waals surface area contributed by atoms with Crippen molar-refractivity contribution < 1.29 is 13.2 Å². The molecule has 7 aromatic rings. The van der Waals surface area contributed by atoms with E-state index >= 15 is 0 Å². The summed E-state index contributed by atoms with van der Waals surface area (Å²) in [5.74, 6) is 0. The maximum absolute atomic E-state index is 13.1. The largest absolute Gasteiger partial charge is 0.416 e. The summed E-state index contributed by atoms with van der Waals surface area (Å²) in [6.45, 7) is 2.04. The van der Waals surface area contributed by atoms with Crippen LogP contribution in [0.15, 0.2) is 107 Å². The predicted molar refractivity (Wildman–Crippen MR) is 162 cm³/mol. The average Bonchev–Trinajstić information content (AvgIpc) is 3.47. The van der Waals surface area contributed by atoms with Crippen molar-refractivity contribution in [2.75, 3.05) is 0 Å². The minimum atomic E-state index is -4.42. The lowest BCUT2D eigenvalue weighted by Crippen LogP contribution is -2.04. The van der Waals surface area contributed by atoms with Crippen LogP contribution in [0.4, 0.5) is 13.2 Å². The molecule has 4 nitrogen and oxygen atoms in total. The van der Waals surface area contributed by atoms with Crippen LogP contribution in [0.3, 0.4) is 0 Å². The molecular formula is C36H19F3N4. The van der Waals surface area contributed by atoms with Crippen LogP contribution in [0.1, 0.15) is 11.1 Å². The van der Waals surface area contributed by atoms with Crippen molar-refractivity contribution in [1.82, 2.24) is 0 Å². The molecule has 0 unspecified atom stereocenters. The third-order valence-corrected chi connectivity index (χ3v) is 8.05. The Kier molecular flexibility index (Phi) is 5.86. The zero-order chi connectivity index (χ0) is 29.9. The van der Waals surface area contributed by atoms with Gasteiger partial charge in [-0.1, -0.05) is 66.2 Å². The van der Waals surface area contributed by atoms with Crippen molar-refractivity contribution in [2.24, 2.45) is 9.98 Å². The molecule has 0 heterocycles. The van der Waals surface area contributed by atoms with Crippen LogP contribution in [-0.2, 0) is 6.18 Å². The third kappa shape index (κ3) is 4.22. The van der Waals surface area contributed by atoms with E-state index in [4.69, 9.17) is 0 Å². The Balaban J connectivity index is 1.48. The van der Waals surface area contributed by atoms with Gasteiger partial charge in [-0.3, -0.25) is 0 Å². The number of alkyl halides is 3. The highest BCUT2D eigenvalue weighted by atomic mass is 19.4. The maximum atomic E-state index is 13.1. The normalized spacial score (nSPS) is 12.9. The maximum Gasteiger partial charge on any atom is 0.416 e. The van der Waals surface area contributed by atoms with Gasteiger partial charge in [0.05, 0.1) is 16.3 Å². The van der Waals surface area contributed by atoms with E-state index in [0.29, 0.717) is 27.2 Å². The van der Waals surface area contributed by atoms with Gasteiger partial charge in [0.15, 0.2) is 0 Å². The Bertz CT molecular complexity index is 2450. The van der Waals surface area contributed by atoms with Crippen molar-refractivity contribution in [3.63, 3.8) is 0 Å². The molecule has 7 rings (SSSR count). The molecule has 0 saturated heterocycles. The summed E-state index contributed by atoms with van der Waals surface area (Å²) in [5.41, 5.74) is 3.85. The van der Waals surface area contributed by atoms with Crippen LogP contribution in [0.25, 0.3) is 65.3 Å². The molecule has 0 aliphatic heterocycles.